The third-order valence-corrected chi connectivity index (χ3v) is 10.3. The number of anilines is 1. The number of nitrogens with two attached hydrogens (primary N) is 1. The summed E-state index contributed by atoms with van der Waals surface area (Å²) in [6.45, 7) is 2.26. The number of ketones is 1. The predicted molar refractivity (Wildman–Crippen MR) is 158 cm³/mol. The van der Waals surface area contributed by atoms with Crippen molar-refractivity contribution >= 4 is 17.4 Å². The number of rotatable bonds is 3. The smallest absolute Gasteiger partial charge is 0.248 e. The normalized spacial score (nSPS) is 30.9. The van der Waals surface area contributed by atoms with Crippen LogP contribution in [0.4, 0.5) is 5.69 Å². The van der Waals surface area contributed by atoms with E-state index in [1.165, 1.54) is 22.3 Å². The number of carbonyl (C=O) groups excluding carboxylic acids is 2. The van der Waals surface area contributed by atoms with Gasteiger partial charge in [0, 0.05) is 48.7 Å². The Hall–Kier alpha value is -3.62. The summed E-state index contributed by atoms with van der Waals surface area (Å²) in [5.74, 6) is 7.24. The molecule has 0 unspecified atom stereocenters. The molecular formula is C35H38N2O3. The molecule has 0 aromatic heterocycles. The molecule has 4 aliphatic rings. The van der Waals surface area contributed by atoms with Crippen molar-refractivity contribution in [3.8, 4) is 11.8 Å². The van der Waals surface area contributed by atoms with E-state index in [-0.39, 0.29) is 17.1 Å². The van der Waals surface area contributed by atoms with Crippen LogP contribution in [0.1, 0.15) is 79.3 Å². The highest BCUT2D eigenvalue weighted by Gasteiger charge is 2.62. The van der Waals surface area contributed by atoms with Crippen LogP contribution in [0, 0.1) is 29.1 Å². The zero-order valence-electron chi connectivity index (χ0n) is 23.7. The van der Waals surface area contributed by atoms with E-state index < -0.39 is 11.5 Å². The standard InChI is InChI=1S/C35H38N2O3/c1-34-21-30(23-8-11-26(12-9-23)37(2)3)32-28-15-13-27(38)20-25(28)10-14-29(32)31(34)17-19-35(34,40)18-16-22-4-6-24(7-5-22)33(36)39/h4-9,11-12,20,29-31,40H,10,13-15,17,19,21H2,1-3H3,(H2,36,39)/t29-,30+,31-,34-,35-/m0/s1. The second-order valence-electron chi connectivity index (χ2n) is 12.6. The predicted octanol–water partition coefficient (Wildman–Crippen LogP) is 5.53. The largest absolute Gasteiger partial charge is 0.378 e. The molecule has 2 saturated carbocycles. The van der Waals surface area contributed by atoms with Crippen LogP contribution in [-0.4, -0.2) is 36.5 Å². The Morgan fingerprint density at radius 1 is 1.02 bits per heavy atom. The number of fused-ring (bicyclic) bond motifs is 4. The van der Waals surface area contributed by atoms with Gasteiger partial charge in [-0.1, -0.05) is 36.5 Å². The molecule has 0 spiro atoms. The highest BCUT2D eigenvalue weighted by Crippen LogP contribution is 2.66. The first-order chi connectivity index (χ1) is 19.1. The highest BCUT2D eigenvalue weighted by molar-refractivity contribution is 5.93. The van der Waals surface area contributed by atoms with Crippen LogP contribution in [-0.2, 0) is 4.79 Å². The van der Waals surface area contributed by atoms with Crippen molar-refractivity contribution in [1.29, 1.82) is 0 Å². The molecule has 0 saturated heterocycles. The minimum absolute atomic E-state index is 0.177. The Balaban J connectivity index is 1.42. The van der Waals surface area contributed by atoms with E-state index in [1.54, 1.807) is 24.3 Å². The Kier molecular flexibility index (Phi) is 6.50. The van der Waals surface area contributed by atoms with E-state index in [9.17, 15) is 14.7 Å². The molecule has 0 bridgehead atoms. The van der Waals surface area contributed by atoms with Gasteiger partial charge in [-0.2, -0.15) is 0 Å². The van der Waals surface area contributed by atoms with Crippen molar-refractivity contribution in [2.24, 2.45) is 23.0 Å². The van der Waals surface area contributed by atoms with E-state index in [1.807, 2.05) is 6.08 Å². The molecule has 0 heterocycles. The van der Waals surface area contributed by atoms with Crippen LogP contribution < -0.4 is 10.6 Å². The van der Waals surface area contributed by atoms with Gasteiger partial charge >= 0.3 is 0 Å². The fraction of sp³-hybridized carbons (Fsp3) is 0.429. The van der Waals surface area contributed by atoms with E-state index in [2.05, 4.69) is 62.0 Å². The number of hydrogen-bond donors (Lipinski definition) is 2. The minimum atomic E-state index is -1.11. The third-order valence-electron chi connectivity index (χ3n) is 10.3. The van der Waals surface area contributed by atoms with Crippen molar-refractivity contribution in [3.63, 3.8) is 0 Å². The van der Waals surface area contributed by atoms with Crippen molar-refractivity contribution in [3.05, 3.63) is 88.0 Å². The van der Waals surface area contributed by atoms with Crippen LogP contribution in [0.5, 0.6) is 0 Å². The molecule has 2 aromatic carbocycles. The highest BCUT2D eigenvalue weighted by atomic mass is 16.3. The number of carbonyl (C=O) groups is 2. The number of amides is 1. The number of hydrogen-bond acceptors (Lipinski definition) is 4. The number of aliphatic hydroxyl groups is 1. The molecule has 3 N–H and O–H groups in total. The summed E-state index contributed by atoms with van der Waals surface area (Å²) in [5.41, 5.74) is 11.7. The van der Waals surface area contributed by atoms with E-state index in [4.69, 9.17) is 5.73 Å². The number of allylic oxidation sites excluding steroid dienone is 4. The summed E-state index contributed by atoms with van der Waals surface area (Å²) >= 11 is 0. The van der Waals surface area contributed by atoms with Crippen molar-refractivity contribution in [2.45, 2.75) is 63.4 Å². The lowest BCUT2D eigenvalue weighted by Crippen LogP contribution is -2.51. The molecule has 5 heteroatoms. The SMILES string of the molecule is CN(C)c1ccc([C@H]2C[C@@]3(C)[C@@H](CC[C@@]3(O)C#Cc3ccc(C(N)=O)cc3)[C@@H]3CCC4=CC(=O)CCC4=C32)cc1. The van der Waals surface area contributed by atoms with Crippen molar-refractivity contribution in [1.82, 2.24) is 0 Å². The average molecular weight is 535 g/mol. The average Bonchev–Trinajstić information content (AvgIpc) is 3.21. The zero-order valence-corrected chi connectivity index (χ0v) is 23.7. The van der Waals surface area contributed by atoms with Gasteiger partial charge in [-0.15, -0.1) is 0 Å². The molecule has 1 amide bonds. The topological polar surface area (TPSA) is 83.6 Å². The Morgan fingerprint density at radius 3 is 2.42 bits per heavy atom. The van der Waals surface area contributed by atoms with Crippen molar-refractivity contribution in [2.75, 3.05) is 19.0 Å². The summed E-state index contributed by atoms with van der Waals surface area (Å²) in [6.07, 6.45) is 7.68. The number of nitrogens with zero attached hydrogens (tertiary/aromatic N) is 1. The van der Waals surface area contributed by atoms with Gasteiger partial charge in [0.2, 0.25) is 5.91 Å². The molecule has 5 nitrogen and oxygen atoms in total. The van der Waals surface area contributed by atoms with E-state index in [0.717, 1.165) is 43.4 Å². The van der Waals surface area contributed by atoms with Gasteiger partial charge in [0.05, 0.1) is 0 Å². The summed E-state index contributed by atoms with van der Waals surface area (Å²) in [4.78, 5) is 25.9. The summed E-state index contributed by atoms with van der Waals surface area (Å²) in [6, 6.07) is 15.8. The molecule has 2 aromatic rings. The van der Waals surface area contributed by atoms with Gasteiger partial charge < -0.3 is 15.7 Å². The maximum atomic E-state index is 12.3. The first kappa shape index (κ1) is 26.6. The first-order valence-corrected chi connectivity index (χ1v) is 14.5. The maximum absolute atomic E-state index is 12.3. The maximum Gasteiger partial charge on any atom is 0.248 e. The molecule has 0 radical (unpaired) electrons. The zero-order chi connectivity index (χ0) is 28.2. The van der Waals surface area contributed by atoms with Gasteiger partial charge in [0.15, 0.2) is 5.78 Å². The van der Waals surface area contributed by atoms with Crippen LogP contribution in [0.2, 0.25) is 0 Å². The van der Waals surface area contributed by atoms with Gasteiger partial charge in [0.25, 0.3) is 0 Å². The Bertz CT molecular complexity index is 1490. The second kappa shape index (κ2) is 9.78. The molecule has 2 fully saturated rings. The first-order valence-electron chi connectivity index (χ1n) is 14.5. The third kappa shape index (κ3) is 4.30. The summed E-state index contributed by atoms with van der Waals surface area (Å²) in [7, 11) is 4.11. The van der Waals surface area contributed by atoms with Crippen LogP contribution >= 0.6 is 0 Å². The summed E-state index contributed by atoms with van der Waals surface area (Å²) in [5, 5.41) is 12.3. The summed E-state index contributed by atoms with van der Waals surface area (Å²) < 4.78 is 0. The quantitative estimate of drug-likeness (QED) is 0.507. The van der Waals surface area contributed by atoms with Crippen LogP contribution in [0.25, 0.3) is 0 Å². The molecule has 4 aliphatic carbocycles. The Morgan fingerprint density at radius 2 is 1.75 bits per heavy atom. The molecule has 206 valence electrons. The molecule has 6 rings (SSSR count). The lowest BCUT2D eigenvalue weighted by atomic mass is 9.51. The monoisotopic (exact) mass is 534 g/mol. The lowest BCUT2D eigenvalue weighted by molar-refractivity contribution is -0.114. The van der Waals surface area contributed by atoms with Gasteiger partial charge in [-0.3, -0.25) is 9.59 Å². The molecule has 40 heavy (non-hydrogen) atoms. The number of benzene rings is 2. The molecule has 0 aliphatic heterocycles. The fourth-order valence-corrected chi connectivity index (χ4v) is 8.07. The van der Waals surface area contributed by atoms with Crippen molar-refractivity contribution < 1.29 is 14.7 Å². The van der Waals surface area contributed by atoms with Gasteiger partial charge in [-0.05, 0) is 110 Å². The van der Waals surface area contributed by atoms with Gasteiger partial charge in [-0.25, -0.2) is 0 Å². The van der Waals surface area contributed by atoms with E-state index in [0.29, 0.717) is 30.2 Å². The Labute approximate surface area is 237 Å². The molecular weight excluding hydrogens is 496 g/mol. The molecule has 5 atom stereocenters. The second-order valence-corrected chi connectivity index (χ2v) is 12.6. The number of primary amides is 1. The lowest BCUT2D eigenvalue weighted by Gasteiger charge is -2.53. The fourth-order valence-electron chi connectivity index (χ4n) is 8.07. The van der Waals surface area contributed by atoms with Gasteiger partial charge in [0.1, 0.15) is 5.60 Å². The van der Waals surface area contributed by atoms with Crippen LogP contribution in [0.3, 0.4) is 0 Å². The minimum Gasteiger partial charge on any atom is -0.378 e. The van der Waals surface area contributed by atoms with Crippen LogP contribution in [0.15, 0.2) is 71.3 Å². The van der Waals surface area contributed by atoms with E-state index >= 15 is 0 Å².